The van der Waals surface area contributed by atoms with Crippen LogP contribution in [0.2, 0.25) is 0 Å². The van der Waals surface area contributed by atoms with Crippen LogP contribution in [-0.4, -0.2) is 23.0 Å². The Morgan fingerprint density at radius 1 is 1.00 bits per heavy atom. The minimum absolute atomic E-state index is 0.323. The van der Waals surface area contributed by atoms with Crippen LogP contribution in [0.15, 0.2) is 42.5 Å². The van der Waals surface area contributed by atoms with Gasteiger partial charge in [-0.3, -0.25) is 0 Å². The number of rotatable bonds is 4. The maximum atomic E-state index is 8.76. The summed E-state index contributed by atoms with van der Waals surface area (Å²) in [5.74, 6) is 0. The lowest BCUT2D eigenvalue weighted by Gasteiger charge is -2.10. The molecule has 0 spiro atoms. The van der Waals surface area contributed by atoms with Crippen LogP contribution in [0.1, 0.15) is 6.42 Å². The summed E-state index contributed by atoms with van der Waals surface area (Å²) in [5, 5.41) is 23.0. The third-order valence-corrected chi connectivity index (χ3v) is 2.51. The number of hydrogen-bond donors (Lipinski definition) is 3. The van der Waals surface area contributed by atoms with Crippen LogP contribution >= 0.6 is 0 Å². The van der Waals surface area contributed by atoms with E-state index in [0.29, 0.717) is 13.0 Å². The summed E-state index contributed by atoms with van der Waals surface area (Å²) >= 11 is 0. The average molecular weight is 217 g/mol. The Hall–Kier alpha value is -1.58. The molecular weight excluding hydrogens is 202 g/mol. The van der Waals surface area contributed by atoms with E-state index in [2.05, 4.69) is 17.4 Å². The zero-order valence-electron chi connectivity index (χ0n) is 8.93. The predicted octanol–water partition coefficient (Wildman–Crippen LogP) is 1.95. The Labute approximate surface area is 94.3 Å². The first-order valence-corrected chi connectivity index (χ1v) is 5.35. The molecule has 2 rings (SSSR count). The summed E-state index contributed by atoms with van der Waals surface area (Å²) in [6, 6.07) is 14.1. The molecule has 0 aromatic heterocycles. The SMILES string of the molecule is OC(O)CCNc1cccc2ccccc12. The minimum atomic E-state index is -1.25. The third kappa shape index (κ3) is 2.51. The molecule has 0 aliphatic carbocycles. The summed E-state index contributed by atoms with van der Waals surface area (Å²) in [6.07, 6.45) is -0.925. The zero-order valence-corrected chi connectivity index (χ0v) is 8.93. The maximum Gasteiger partial charge on any atom is 0.153 e. The van der Waals surface area contributed by atoms with E-state index in [4.69, 9.17) is 10.2 Å². The highest BCUT2D eigenvalue weighted by Gasteiger charge is 2.00. The van der Waals surface area contributed by atoms with Crippen molar-refractivity contribution in [2.45, 2.75) is 12.7 Å². The molecule has 0 unspecified atom stereocenters. The number of aliphatic hydroxyl groups excluding tert-OH is 1. The van der Waals surface area contributed by atoms with Crippen molar-refractivity contribution in [2.24, 2.45) is 0 Å². The van der Waals surface area contributed by atoms with E-state index in [1.807, 2.05) is 30.3 Å². The second kappa shape index (κ2) is 4.96. The quantitative estimate of drug-likeness (QED) is 0.686. The molecule has 3 N–H and O–H groups in total. The molecule has 0 heterocycles. The van der Waals surface area contributed by atoms with Gasteiger partial charge in [-0.25, -0.2) is 0 Å². The number of anilines is 1. The van der Waals surface area contributed by atoms with Crippen LogP contribution in [0.5, 0.6) is 0 Å². The fraction of sp³-hybridized carbons (Fsp3) is 0.231. The largest absolute Gasteiger partial charge is 0.384 e. The number of aliphatic hydroxyl groups is 2. The Bertz CT molecular complexity index is 463. The van der Waals surface area contributed by atoms with Crippen molar-refractivity contribution >= 4 is 16.5 Å². The van der Waals surface area contributed by atoms with Crippen molar-refractivity contribution in [3.63, 3.8) is 0 Å². The van der Waals surface area contributed by atoms with Crippen molar-refractivity contribution in [1.82, 2.24) is 0 Å². The van der Waals surface area contributed by atoms with Crippen LogP contribution in [0, 0.1) is 0 Å². The molecule has 0 amide bonds. The lowest BCUT2D eigenvalue weighted by atomic mass is 10.1. The number of hydrogen-bond acceptors (Lipinski definition) is 3. The van der Waals surface area contributed by atoms with Gasteiger partial charge in [-0.05, 0) is 11.5 Å². The van der Waals surface area contributed by atoms with Gasteiger partial charge in [-0.1, -0.05) is 36.4 Å². The topological polar surface area (TPSA) is 52.5 Å². The van der Waals surface area contributed by atoms with E-state index >= 15 is 0 Å². The maximum absolute atomic E-state index is 8.76. The van der Waals surface area contributed by atoms with E-state index in [0.717, 1.165) is 11.1 Å². The van der Waals surface area contributed by atoms with Gasteiger partial charge in [0.05, 0.1) is 0 Å². The highest BCUT2D eigenvalue weighted by atomic mass is 16.5. The Balaban J connectivity index is 2.17. The Morgan fingerprint density at radius 3 is 2.56 bits per heavy atom. The van der Waals surface area contributed by atoms with Crippen molar-refractivity contribution < 1.29 is 10.2 Å². The molecule has 0 aliphatic rings. The van der Waals surface area contributed by atoms with Crippen LogP contribution < -0.4 is 5.32 Å². The second-order valence-electron chi connectivity index (χ2n) is 3.72. The minimum Gasteiger partial charge on any atom is -0.384 e. The monoisotopic (exact) mass is 217 g/mol. The molecule has 0 radical (unpaired) electrons. The van der Waals surface area contributed by atoms with E-state index in [-0.39, 0.29) is 0 Å². The van der Waals surface area contributed by atoms with Gasteiger partial charge in [-0.15, -0.1) is 0 Å². The van der Waals surface area contributed by atoms with Gasteiger partial charge in [0.15, 0.2) is 6.29 Å². The van der Waals surface area contributed by atoms with Crippen molar-refractivity contribution in [3.05, 3.63) is 42.5 Å². The van der Waals surface area contributed by atoms with E-state index < -0.39 is 6.29 Å². The van der Waals surface area contributed by atoms with Gasteiger partial charge < -0.3 is 15.5 Å². The second-order valence-corrected chi connectivity index (χ2v) is 3.72. The number of benzene rings is 2. The Kier molecular flexibility index (Phi) is 3.39. The van der Waals surface area contributed by atoms with Crippen LogP contribution in [0.25, 0.3) is 10.8 Å². The molecule has 0 atom stereocenters. The van der Waals surface area contributed by atoms with E-state index in [1.165, 1.54) is 5.39 Å². The summed E-state index contributed by atoms with van der Waals surface area (Å²) in [6.45, 7) is 0.547. The summed E-state index contributed by atoms with van der Waals surface area (Å²) in [4.78, 5) is 0. The number of fused-ring (bicyclic) bond motifs is 1. The van der Waals surface area contributed by atoms with Crippen LogP contribution in [0.3, 0.4) is 0 Å². The molecule has 3 nitrogen and oxygen atoms in total. The molecule has 2 aromatic carbocycles. The van der Waals surface area contributed by atoms with Crippen molar-refractivity contribution in [3.8, 4) is 0 Å². The van der Waals surface area contributed by atoms with Gasteiger partial charge in [0.25, 0.3) is 0 Å². The number of nitrogens with one attached hydrogen (secondary N) is 1. The lowest BCUT2D eigenvalue weighted by Crippen LogP contribution is -2.12. The molecule has 16 heavy (non-hydrogen) atoms. The molecule has 0 bridgehead atoms. The first-order chi connectivity index (χ1) is 7.77. The first-order valence-electron chi connectivity index (χ1n) is 5.35. The van der Waals surface area contributed by atoms with Crippen LogP contribution in [-0.2, 0) is 0 Å². The highest BCUT2D eigenvalue weighted by Crippen LogP contribution is 2.22. The van der Waals surface area contributed by atoms with Gasteiger partial charge in [0, 0.05) is 24.0 Å². The average Bonchev–Trinajstić information content (AvgIpc) is 2.29. The molecule has 0 aliphatic heterocycles. The summed E-state index contributed by atoms with van der Waals surface area (Å²) < 4.78 is 0. The summed E-state index contributed by atoms with van der Waals surface area (Å²) in [5.41, 5.74) is 1.03. The highest BCUT2D eigenvalue weighted by molar-refractivity contribution is 5.93. The third-order valence-electron chi connectivity index (χ3n) is 2.51. The molecule has 0 fully saturated rings. The lowest BCUT2D eigenvalue weighted by molar-refractivity contribution is -0.0423. The summed E-state index contributed by atoms with van der Waals surface area (Å²) in [7, 11) is 0. The van der Waals surface area contributed by atoms with Crippen LogP contribution in [0.4, 0.5) is 5.69 Å². The van der Waals surface area contributed by atoms with E-state index in [1.54, 1.807) is 0 Å². The molecule has 2 aromatic rings. The molecule has 3 heteroatoms. The van der Waals surface area contributed by atoms with E-state index in [9.17, 15) is 0 Å². The van der Waals surface area contributed by atoms with Gasteiger partial charge in [0.1, 0.15) is 0 Å². The molecular formula is C13H15NO2. The first kappa shape index (κ1) is 10.9. The van der Waals surface area contributed by atoms with Crippen molar-refractivity contribution in [1.29, 1.82) is 0 Å². The molecule has 84 valence electrons. The van der Waals surface area contributed by atoms with Gasteiger partial charge in [-0.2, -0.15) is 0 Å². The smallest absolute Gasteiger partial charge is 0.153 e. The fourth-order valence-corrected chi connectivity index (χ4v) is 1.72. The van der Waals surface area contributed by atoms with Crippen molar-refractivity contribution in [2.75, 3.05) is 11.9 Å². The standard InChI is InChI=1S/C13H15NO2/c15-13(16)8-9-14-12-7-3-5-10-4-1-2-6-11(10)12/h1-7,13-16H,8-9H2. The predicted molar refractivity (Wildman–Crippen MR) is 65.3 cm³/mol. The normalized spacial score (nSPS) is 10.9. The Morgan fingerprint density at radius 2 is 1.75 bits per heavy atom. The fourth-order valence-electron chi connectivity index (χ4n) is 1.72. The molecule has 0 saturated heterocycles. The van der Waals surface area contributed by atoms with Gasteiger partial charge in [0.2, 0.25) is 0 Å². The van der Waals surface area contributed by atoms with Gasteiger partial charge >= 0.3 is 0 Å². The molecule has 0 saturated carbocycles. The zero-order chi connectivity index (χ0) is 11.4.